The van der Waals surface area contributed by atoms with Crippen molar-refractivity contribution in [3.05, 3.63) is 90.0 Å². The van der Waals surface area contributed by atoms with E-state index in [0.717, 1.165) is 22.2 Å². The summed E-state index contributed by atoms with van der Waals surface area (Å²) < 4.78 is 6.17. The van der Waals surface area contributed by atoms with Gasteiger partial charge in [-0.15, -0.1) is 0 Å². The van der Waals surface area contributed by atoms with Crippen molar-refractivity contribution in [2.24, 2.45) is 0 Å². The second-order valence-electron chi connectivity index (χ2n) is 5.07. The van der Waals surface area contributed by atoms with Crippen molar-refractivity contribution < 1.29 is 4.74 Å². The molecule has 0 spiro atoms. The molecule has 0 aliphatic carbocycles. The summed E-state index contributed by atoms with van der Waals surface area (Å²) in [7, 11) is 0. The van der Waals surface area contributed by atoms with Crippen molar-refractivity contribution in [1.82, 2.24) is 0 Å². The van der Waals surface area contributed by atoms with Crippen LogP contribution in [0.1, 0.15) is 11.1 Å². The van der Waals surface area contributed by atoms with Crippen molar-refractivity contribution in [1.29, 1.82) is 0 Å². The molecule has 0 atom stereocenters. The van der Waals surface area contributed by atoms with E-state index in [1.807, 2.05) is 24.3 Å². The number of hydrogen-bond donors (Lipinski definition) is 0. The number of ether oxygens (including phenoxy) is 1. The summed E-state index contributed by atoms with van der Waals surface area (Å²) in [6, 6.07) is 26.9. The minimum absolute atomic E-state index is 0.574. The fourth-order valence-corrected chi connectivity index (χ4v) is 2.88. The minimum atomic E-state index is 0.574. The number of halogens is 1. The fourth-order valence-electron chi connectivity index (χ4n) is 2.44. The Morgan fingerprint density at radius 3 is 2.09 bits per heavy atom. The van der Waals surface area contributed by atoms with Crippen LogP contribution < -0.4 is 4.74 Å². The Hall–Kier alpha value is -2.06. The number of para-hydroxylation sites is 1. The van der Waals surface area contributed by atoms with Crippen LogP contribution in [0, 0.1) is 0 Å². The molecule has 1 nitrogen and oxygen atoms in total. The second kappa shape index (κ2) is 7.28. The highest BCUT2D eigenvalue weighted by molar-refractivity contribution is 9.08. The van der Waals surface area contributed by atoms with Crippen molar-refractivity contribution in [2.45, 2.75) is 11.9 Å². The number of alkyl halides is 1. The monoisotopic (exact) mass is 352 g/mol. The standard InChI is InChI=1S/C20H17BrO/c21-14-18-12-7-13-19(17-10-5-2-6-11-17)20(18)22-15-16-8-3-1-4-9-16/h1-13H,14-15H2. The van der Waals surface area contributed by atoms with Crippen LogP contribution >= 0.6 is 15.9 Å². The topological polar surface area (TPSA) is 9.23 Å². The summed E-state index contributed by atoms with van der Waals surface area (Å²) in [6.07, 6.45) is 0. The third kappa shape index (κ3) is 3.40. The highest BCUT2D eigenvalue weighted by Gasteiger charge is 2.11. The number of rotatable bonds is 5. The van der Waals surface area contributed by atoms with Crippen molar-refractivity contribution in [3.8, 4) is 16.9 Å². The van der Waals surface area contributed by atoms with Gasteiger partial charge in [0.05, 0.1) is 0 Å². The molecule has 0 fully saturated rings. The summed E-state index contributed by atoms with van der Waals surface area (Å²) in [4.78, 5) is 0. The van der Waals surface area contributed by atoms with Gasteiger partial charge in [-0.2, -0.15) is 0 Å². The Morgan fingerprint density at radius 2 is 1.41 bits per heavy atom. The summed E-state index contributed by atoms with van der Waals surface area (Å²) in [6.45, 7) is 0.574. The molecule has 0 aromatic heterocycles. The molecule has 0 unspecified atom stereocenters. The van der Waals surface area contributed by atoms with Gasteiger partial charge in [0, 0.05) is 16.5 Å². The Bertz CT molecular complexity index is 723. The maximum absolute atomic E-state index is 6.17. The van der Waals surface area contributed by atoms with E-state index in [2.05, 4.69) is 70.5 Å². The van der Waals surface area contributed by atoms with Gasteiger partial charge in [0.1, 0.15) is 12.4 Å². The van der Waals surface area contributed by atoms with E-state index in [1.165, 1.54) is 11.1 Å². The maximum Gasteiger partial charge on any atom is 0.131 e. The predicted molar refractivity (Wildman–Crippen MR) is 95.3 cm³/mol. The van der Waals surface area contributed by atoms with Crippen molar-refractivity contribution >= 4 is 15.9 Å². The van der Waals surface area contributed by atoms with Gasteiger partial charge < -0.3 is 4.74 Å². The second-order valence-corrected chi connectivity index (χ2v) is 5.63. The van der Waals surface area contributed by atoms with Crippen LogP contribution in [0.5, 0.6) is 5.75 Å². The molecular formula is C20H17BrO. The van der Waals surface area contributed by atoms with Gasteiger partial charge in [0.15, 0.2) is 0 Å². The van der Waals surface area contributed by atoms with E-state index in [1.54, 1.807) is 0 Å². The zero-order valence-corrected chi connectivity index (χ0v) is 13.8. The smallest absolute Gasteiger partial charge is 0.131 e. The lowest BCUT2D eigenvalue weighted by Gasteiger charge is -2.15. The Kier molecular flexibility index (Phi) is 4.92. The molecule has 2 heteroatoms. The van der Waals surface area contributed by atoms with E-state index in [4.69, 9.17) is 4.74 Å². The molecular weight excluding hydrogens is 336 g/mol. The highest BCUT2D eigenvalue weighted by Crippen LogP contribution is 2.34. The van der Waals surface area contributed by atoms with Gasteiger partial charge in [-0.1, -0.05) is 94.8 Å². The highest BCUT2D eigenvalue weighted by atomic mass is 79.9. The summed E-state index contributed by atoms with van der Waals surface area (Å²) in [5.41, 5.74) is 4.64. The van der Waals surface area contributed by atoms with Gasteiger partial charge >= 0.3 is 0 Å². The van der Waals surface area contributed by atoms with Crippen LogP contribution in [-0.4, -0.2) is 0 Å². The first-order valence-corrected chi connectivity index (χ1v) is 8.40. The van der Waals surface area contributed by atoms with Crippen molar-refractivity contribution in [2.75, 3.05) is 0 Å². The first-order valence-electron chi connectivity index (χ1n) is 7.28. The Labute approximate surface area is 139 Å². The molecule has 0 saturated heterocycles. The van der Waals surface area contributed by atoms with Crippen LogP contribution in [-0.2, 0) is 11.9 Å². The van der Waals surface area contributed by atoms with Crippen LogP contribution in [0.2, 0.25) is 0 Å². The van der Waals surface area contributed by atoms with E-state index in [9.17, 15) is 0 Å². The third-order valence-corrected chi connectivity index (χ3v) is 4.16. The first kappa shape index (κ1) is 14.9. The number of benzene rings is 3. The Morgan fingerprint density at radius 1 is 0.727 bits per heavy atom. The molecule has 0 amide bonds. The molecule has 0 aliphatic rings. The minimum Gasteiger partial charge on any atom is -0.488 e. The van der Waals surface area contributed by atoms with Gasteiger partial charge in [-0.25, -0.2) is 0 Å². The lowest BCUT2D eigenvalue weighted by molar-refractivity contribution is 0.305. The molecule has 0 saturated carbocycles. The molecule has 0 radical (unpaired) electrons. The molecule has 3 aromatic carbocycles. The summed E-state index contributed by atoms with van der Waals surface area (Å²) in [5.74, 6) is 0.953. The molecule has 22 heavy (non-hydrogen) atoms. The van der Waals surface area contributed by atoms with Gasteiger partial charge in [0.2, 0.25) is 0 Å². The average Bonchev–Trinajstić information content (AvgIpc) is 2.61. The van der Waals surface area contributed by atoms with E-state index in [0.29, 0.717) is 6.61 Å². The van der Waals surface area contributed by atoms with E-state index < -0.39 is 0 Å². The van der Waals surface area contributed by atoms with Crippen molar-refractivity contribution in [3.63, 3.8) is 0 Å². The zero-order valence-electron chi connectivity index (χ0n) is 12.2. The zero-order chi connectivity index (χ0) is 15.2. The quantitative estimate of drug-likeness (QED) is 0.525. The maximum atomic E-state index is 6.17. The largest absolute Gasteiger partial charge is 0.488 e. The molecule has 0 N–H and O–H groups in total. The molecule has 3 aromatic rings. The van der Waals surface area contributed by atoms with E-state index in [-0.39, 0.29) is 0 Å². The lowest BCUT2D eigenvalue weighted by atomic mass is 10.0. The van der Waals surface area contributed by atoms with Gasteiger partial charge in [0.25, 0.3) is 0 Å². The first-order chi connectivity index (χ1) is 10.9. The summed E-state index contributed by atoms with van der Waals surface area (Å²) >= 11 is 3.56. The molecule has 110 valence electrons. The average molecular weight is 353 g/mol. The lowest BCUT2D eigenvalue weighted by Crippen LogP contribution is -1.99. The molecule has 0 heterocycles. The molecule has 3 rings (SSSR count). The number of hydrogen-bond acceptors (Lipinski definition) is 1. The van der Waals surface area contributed by atoms with E-state index >= 15 is 0 Å². The van der Waals surface area contributed by atoms with Crippen LogP contribution in [0.3, 0.4) is 0 Å². The predicted octanol–water partition coefficient (Wildman–Crippen LogP) is 5.83. The fraction of sp³-hybridized carbons (Fsp3) is 0.100. The van der Waals surface area contributed by atoms with Crippen LogP contribution in [0.25, 0.3) is 11.1 Å². The third-order valence-electron chi connectivity index (χ3n) is 3.55. The van der Waals surface area contributed by atoms with Gasteiger partial charge in [-0.05, 0) is 11.1 Å². The van der Waals surface area contributed by atoms with Crippen LogP contribution in [0.4, 0.5) is 0 Å². The molecule has 0 bridgehead atoms. The summed E-state index contributed by atoms with van der Waals surface area (Å²) in [5, 5.41) is 0.776. The van der Waals surface area contributed by atoms with Gasteiger partial charge in [-0.3, -0.25) is 0 Å². The normalized spacial score (nSPS) is 10.4. The Balaban J connectivity index is 1.94. The SMILES string of the molecule is BrCc1cccc(-c2ccccc2)c1OCc1ccccc1. The van der Waals surface area contributed by atoms with Crippen LogP contribution in [0.15, 0.2) is 78.9 Å². The molecule has 0 aliphatic heterocycles.